The smallest absolute Gasteiger partial charge is 0.351 e. The van der Waals surface area contributed by atoms with Crippen molar-refractivity contribution in [2.45, 2.75) is 46.8 Å². The largest absolute Gasteiger partial charge is 0.618 e. The molecule has 32 heavy (non-hydrogen) atoms. The molecule has 0 atom stereocenters. The average molecular weight is 436 g/mol. The van der Waals surface area contributed by atoms with Crippen LogP contribution in [0.25, 0.3) is 27.8 Å². The fraction of sp³-hybridized carbons (Fsp3) is 0.292. The van der Waals surface area contributed by atoms with Gasteiger partial charge in [0.1, 0.15) is 18.1 Å². The Balaban J connectivity index is 2.29. The number of nitrogens with zero attached hydrogens (tertiary/aromatic N) is 4. The predicted molar refractivity (Wildman–Crippen MR) is 120 cm³/mol. The molecule has 0 radical (unpaired) electrons. The molecule has 166 valence electrons. The summed E-state index contributed by atoms with van der Waals surface area (Å²) in [5, 5.41) is 28.4. The van der Waals surface area contributed by atoms with Gasteiger partial charge in [0.2, 0.25) is 5.52 Å². The van der Waals surface area contributed by atoms with Gasteiger partial charge >= 0.3 is 5.69 Å². The molecule has 7 nitrogen and oxygen atoms in total. The summed E-state index contributed by atoms with van der Waals surface area (Å²) < 4.78 is 17.4. The van der Waals surface area contributed by atoms with Crippen molar-refractivity contribution in [1.82, 2.24) is 14.3 Å². The van der Waals surface area contributed by atoms with Crippen LogP contribution in [0.15, 0.2) is 47.3 Å². The van der Waals surface area contributed by atoms with Gasteiger partial charge in [-0.3, -0.25) is 4.57 Å². The molecule has 0 amide bonds. The summed E-state index contributed by atoms with van der Waals surface area (Å²) in [5.74, 6) is -0.423. The van der Waals surface area contributed by atoms with Gasteiger partial charge in [-0.25, -0.2) is 9.18 Å². The second-order valence-electron chi connectivity index (χ2n) is 8.05. The molecule has 0 aliphatic rings. The van der Waals surface area contributed by atoms with E-state index in [1.165, 1.54) is 21.4 Å². The summed E-state index contributed by atoms with van der Waals surface area (Å²) in [6.07, 6.45) is 0. The normalized spacial score (nSPS) is 11.6. The highest BCUT2D eigenvalue weighted by molar-refractivity contribution is 5.88. The molecular weight excluding hydrogens is 411 g/mol. The maximum atomic E-state index is 14.1. The summed E-state index contributed by atoms with van der Waals surface area (Å²) in [7, 11) is 0. The Morgan fingerprint density at radius 1 is 1.22 bits per heavy atom. The van der Waals surface area contributed by atoms with E-state index in [-0.39, 0.29) is 23.0 Å². The number of aliphatic hydroxyl groups excluding tert-OH is 1. The molecule has 0 saturated carbocycles. The van der Waals surface area contributed by atoms with Crippen LogP contribution in [0.3, 0.4) is 0 Å². The maximum absolute atomic E-state index is 14.1. The Bertz CT molecular complexity index is 1390. The first-order valence-corrected chi connectivity index (χ1v) is 10.5. The van der Waals surface area contributed by atoms with Crippen LogP contribution in [-0.4, -0.2) is 19.5 Å². The van der Waals surface area contributed by atoms with Gasteiger partial charge in [-0.15, -0.1) is 5.10 Å². The number of hydrogen-bond acceptors (Lipinski definition) is 4. The quantitative estimate of drug-likeness (QED) is 0.383. The summed E-state index contributed by atoms with van der Waals surface area (Å²) in [6.45, 7) is 7.47. The van der Waals surface area contributed by atoms with Gasteiger partial charge in [-0.05, 0) is 43.5 Å². The van der Waals surface area contributed by atoms with Gasteiger partial charge in [0, 0.05) is 18.2 Å². The predicted octanol–water partition coefficient (Wildman–Crippen LogP) is 3.57. The molecule has 1 N–H and O–H groups in total. The van der Waals surface area contributed by atoms with Crippen molar-refractivity contribution in [3.63, 3.8) is 0 Å². The fourth-order valence-corrected chi connectivity index (χ4v) is 4.26. The molecule has 0 aliphatic heterocycles. The van der Waals surface area contributed by atoms with Gasteiger partial charge in [0.25, 0.3) is 5.69 Å². The lowest BCUT2D eigenvalue weighted by Gasteiger charge is -2.20. The number of aromatic nitrogens is 4. The van der Waals surface area contributed by atoms with Crippen LogP contribution in [-0.2, 0) is 13.2 Å². The molecule has 2 aromatic heterocycles. The average Bonchev–Trinajstić information content (AvgIpc) is 3.09. The van der Waals surface area contributed by atoms with Gasteiger partial charge in [0.05, 0.1) is 10.9 Å². The van der Waals surface area contributed by atoms with E-state index < -0.39 is 18.1 Å². The molecule has 2 aromatic carbocycles. The SMILES string of the molecule is CCn1c(CO)nn(-c2c(C(C)C)c3ccc(F)cc3[n+]([O-])c2-c2ccccc2C)c1=O. The van der Waals surface area contributed by atoms with Crippen molar-refractivity contribution in [1.29, 1.82) is 0 Å². The molecule has 0 spiro atoms. The third kappa shape index (κ3) is 3.27. The van der Waals surface area contributed by atoms with Crippen molar-refractivity contribution >= 4 is 10.9 Å². The Morgan fingerprint density at radius 3 is 2.53 bits per heavy atom. The zero-order chi connectivity index (χ0) is 23.2. The lowest BCUT2D eigenvalue weighted by molar-refractivity contribution is -0.564. The van der Waals surface area contributed by atoms with E-state index in [2.05, 4.69) is 5.10 Å². The van der Waals surface area contributed by atoms with Crippen LogP contribution in [0.2, 0.25) is 0 Å². The van der Waals surface area contributed by atoms with Crippen LogP contribution in [0.5, 0.6) is 0 Å². The molecule has 4 aromatic rings. The Kier molecular flexibility index (Phi) is 5.56. The zero-order valence-electron chi connectivity index (χ0n) is 18.5. The van der Waals surface area contributed by atoms with Crippen LogP contribution in [0.1, 0.15) is 43.6 Å². The van der Waals surface area contributed by atoms with E-state index in [0.717, 1.165) is 5.56 Å². The Morgan fingerprint density at radius 2 is 1.94 bits per heavy atom. The van der Waals surface area contributed by atoms with Crippen LogP contribution in [0, 0.1) is 17.9 Å². The summed E-state index contributed by atoms with van der Waals surface area (Å²) in [4.78, 5) is 13.3. The fourth-order valence-electron chi connectivity index (χ4n) is 4.26. The van der Waals surface area contributed by atoms with E-state index in [4.69, 9.17) is 0 Å². The Labute approximate surface area is 184 Å². The third-order valence-corrected chi connectivity index (χ3v) is 5.74. The number of hydrogen-bond donors (Lipinski definition) is 1. The molecule has 0 fully saturated rings. The molecule has 0 aliphatic carbocycles. The van der Waals surface area contributed by atoms with E-state index in [1.807, 2.05) is 39.0 Å². The highest BCUT2D eigenvalue weighted by atomic mass is 19.1. The van der Waals surface area contributed by atoms with Crippen LogP contribution >= 0.6 is 0 Å². The first-order valence-electron chi connectivity index (χ1n) is 10.5. The number of benzene rings is 2. The van der Waals surface area contributed by atoms with Gasteiger partial charge in [-0.2, -0.15) is 9.41 Å². The number of rotatable bonds is 5. The van der Waals surface area contributed by atoms with Crippen molar-refractivity contribution in [3.05, 3.63) is 80.9 Å². The Hall–Kier alpha value is -3.52. The van der Waals surface area contributed by atoms with Crippen molar-refractivity contribution in [2.24, 2.45) is 0 Å². The highest BCUT2D eigenvalue weighted by Crippen LogP contribution is 2.36. The molecule has 8 heteroatoms. The first kappa shape index (κ1) is 21.7. The highest BCUT2D eigenvalue weighted by Gasteiger charge is 2.31. The van der Waals surface area contributed by atoms with Gasteiger partial charge in [-0.1, -0.05) is 32.0 Å². The van der Waals surface area contributed by atoms with E-state index in [0.29, 0.717) is 33.5 Å². The van der Waals surface area contributed by atoms with E-state index in [1.54, 1.807) is 19.1 Å². The van der Waals surface area contributed by atoms with Gasteiger partial charge in [0.15, 0.2) is 5.82 Å². The summed E-state index contributed by atoms with van der Waals surface area (Å²) in [6, 6.07) is 11.4. The van der Waals surface area contributed by atoms with E-state index >= 15 is 0 Å². The minimum absolute atomic E-state index is 0.113. The number of pyridine rings is 1. The van der Waals surface area contributed by atoms with Gasteiger partial charge < -0.3 is 10.3 Å². The second kappa shape index (κ2) is 8.20. The lowest BCUT2D eigenvalue weighted by atomic mass is 9.92. The second-order valence-corrected chi connectivity index (χ2v) is 8.05. The van der Waals surface area contributed by atoms with Crippen molar-refractivity contribution in [3.8, 4) is 16.9 Å². The summed E-state index contributed by atoms with van der Waals surface area (Å²) in [5.41, 5.74) is 2.45. The topological polar surface area (TPSA) is 87.0 Å². The minimum Gasteiger partial charge on any atom is -0.618 e. The minimum atomic E-state index is -0.518. The monoisotopic (exact) mass is 436 g/mol. The van der Waals surface area contributed by atoms with Crippen molar-refractivity contribution < 1.29 is 14.2 Å². The van der Waals surface area contributed by atoms with Crippen LogP contribution < -0.4 is 10.4 Å². The number of aliphatic hydroxyl groups is 1. The maximum Gasteiger partial charge on any atom is 0.351 e. The van der Waals surface area contributed by atoms with Crippen LogP contribution in [0.4, 0.5) is 4.39 Å². The molecule has 0 unspecified atom stereocenters. The molecular formula is C24H25FN4O3. The van der Waals surface area contributed by atoms with Crippen molar-refractivity contribution in [2.75, 3.05) is 0 Å². The molecule has 2 heterocycles. The standard InChI is InChI=1S/C24H25FN4O3/c1-5-27-20(13-30)26-28(24(27)31)23-21(14(2)3)18-11-10-16(25)12-19(18)29(32)22(23)17-9-7-6-8-15(17)4/h6-12,14,30H,5,13H2,1-4H3. The first-order chi connectivity index (χ1) is 15.3. The number of fused-ring (bicyclic) bond motifs is 1. The number of aryl methyl sites for hydroxylation is 1. The molecule has 4 rings (SSSR count). The van der Waals surface area contributed by atoms with E-state index in [9.17, 15) is 19.5 Å². The lowest BCUT2D eigenvalue weighted by Crippen LogP contribution is -2.35. The number of halogens is 1. The third-order valence-electron chi connectivity index (χ3n) is 5.74. The molecule has 0 saturated heterocycles. The summed E-state index contributed by atoms with van der Waals surface area (Å²) >= 11 is 0. The zero-order valence-corrected chi connectivity index (χ0v) is 18.5. The molecule has 0 bridgehead atoms.